The molecule has 1 aliphatic heterocycles. The lowest BCUT2D eigenvalue weighted by molar-refractivity contribution is -0.146. The maximum atomic E-state index is 12.1. The minimum absolute atomic E-state index is 0.0206. The molecule has 1 aromatic carbocycles. The number of hydrogen-bond acceptors (Lipinski definition) is 2. The van der Waals surface area contributed by atoms with Crippen LogP contribution in [0.25, 0.3) is 0 Å². The SMILES string of the molecule is O=C1NCC(=O)N(CC2CCC2)C1Cc1ccccc1. The smallest absolute Gasteiger partial charge is 0.243 e. The van der Waals surface area contributed by atoms with Crippen LogP contribution in [0.3, 0.4) is 0 Å². The van der Waals surface area contributed by atoms with Gasteiger partial charge in [-0.2, -0.15) is 0 Å². The predicted octanol–water partition coefficient (Wildman–Crippen LogP) is 1.36. The number of piperazine rings is 1. The summed E-state index contributed by atoms with van der Waals surface area (Å²) in [6.07, 6.45) is 4.22. The normalized spacial score (nSPS) is 23.4. The zero-order valence-electron chi connectivity index (χ0n) is 11.5. The van der Waals surface area contributed by atoms with Gasteiger partial charge in [-0.3, -0.25) is 9.59 Å². The Hall–Kier alpha value is -1.84. The Morgan fingerprint density at radius 3 is 2.55 bits per heavy atom. The third-order valence-electron chi connectivity index (χ3n) is 4.36. The van der Waals surface area contributed by atoms with Gasteiger partial charge >= 0.3 is 0 Å². The third kappa shape index (κ3) is 2.69. The van der Waals surface area contributed by atoms with Crippen molar-refractivity contribution in [3.63, 3.8) is 0 Å². The molecule has 0 radical (unpaired) electrons. The molecule has 2 amide bonds. The molecular weight excluding hydrogens is 252 g/mol. The lowest BCUT2D eigenvalue weighted by atomic mass is 9.84. The van der Waals surface area contributed by atoms with Gasteiger partial charge in [0.15, 0.2) is 0 Å². The van der Waals surface area contributed by atoms with E-state index in [-0.39, 0.29) is 24.4 Å². The Morgan fingerprint density at radius 1 is 1.15 bits per heavy atom. The van der Waals surface area contributed by atoms with Crippen LogP contribution in [0.2, 0.25) is 0 Å². The number of rotatable bonds is 4. The van der Waals surface area contributed by atoms with Gasteiger partial charge in [0.1, 0.15) is 6.04 Å². The molecule has 1 saturated carbocycles. The van der Waals surface area contributed by atoms with Crippen molar-refractivity contribution in [3.05, 3.63) is 35.9 Å². The molecule has 1 aliphatic carbocycles. The van der Waals surface area contributed by atoms with Crippen LogP contribution in [0.4, 0.5) is 0 Å². The third-order valence-corrected chi connectivity index (χ3v) is 4.36. The Bertz CT molecular complexity index is 496. The van der Waals surface area contributed by atoms with Crippen LogP contribution in [0.5, 0.6) is 0 Å². The fourth-order valence-corrected chi connectivity index (χ4v) is 2.92. The molecule has 1 saturated heterocycles. The summed E-state index contributed by atoms with van der Waals surface area (Å²) >= 11 is 0. The van der Waals surface area contributed by atoms with Gasteiger partial charge in [0, 0.05) is 13.0 Å². The average molecular weight is 272 g/mol. The van der Waals surface area contributed by atoms with Crippen LogP contribution < -0.4 is 5.32 Å². The van der Waals surface area contributed by atoms with Crippen LogP contribution in [0.1, 0.15) is 24.8 Å². The highest BCUT2D eigenvalue weighted by molar-refractivity contribution is 5.95. The number of benzene rings is 1. The first-order valence-electron chi connectivity index (χ1n) is 7.35. The van der Waals surface area contributed by atoms with Crippen LogP contribution >= 0.6 is 0 Å². The Labute approximate surface area is 119 Å². The van der Waals surface area contributed by atoms with E-state index in [1.165, 1.54) is 19.3 Å². The quantitative estimate of drug-likeness (QED) is 0.899. The van der Waals surface area contributed by atoms with Crippen molar-refractivity contribution in [2.24, 2.45) is 5.92 Å². The standard InChI is InChI=1S/C16H20N2O2/c19-15-10-17-16(20)14(9-12-5-2-1-3-6-12)18(15)11-13-7-4-8-13/h1-3,5-6,13-14H,4,7-11H2,(H,17,20). The van der Waals surface area contributed by atoms with Crippen molar-refractivity contribution in [3.8, 4) is 0 Å². The van der Waals surface area contributed by atoms with E-state index < -0.39 is 0 Å². The summed E-state index contributed by atoms with van der Waals surface area (Å²) < 4.78 is 0. The molecular formula is C16H20N2O2. The lowest BCUT2D eigenvalue weighted by Crippen LogP contribution is -2.60. The molecule has 1 aromatic rings. The Kier molecular flexibility index (Phi) is 3.72. The molecule has 0 spiro atoms. The van der Waals surface area contributed by atoms with Crippen molar-refractivity contribution >= 4 is 11.8 Å². The summed E-state index contributed by atoms with van der Waals surface area (Å²) in [4.78, 5) is 26.1. The molecule has 1 unspecified atom stereocenters. The van der Waals surface area contributed by atoms with E-state index in [1.54, 1.807) is 4.90 Å². The molecule has 2 fully saturated rings. The van der Waals surface area contributed by atoms with E-state index in [2.05, 4.69) is 5.32 Å². The predicted molar refractivity (Wildman–Crippen MR) is 76.0 cm³/mol. The van der Waals surface area contributed by atoms with Crippen molar-refractivity contribution in [2.75, 3.05) is 13.1 Å². The highest BCUT2D eigenvalue weighted by Crippen LogP contribution is 2.28. The van der Waals surface area contributed by atoms with E-state index >= 15 is 0 Å². The molecule has 4 heteroatoms. The summed E-state index contributed by atoms with van der Waals surface area (Å²) in [7, 11) is 0. The summed E-state index contributed by atoms with van der Waals surface area (Å²) in [5, 5.41) is 2.71. The fourth-order valence-electron chi connectivity index (χ4n) is 2.92. The molecule has 2 aliphatic rings. The second-order valence-corrected chi connectivity index (χ2v) is 5.77. The van der Waals surface area contributed by atoms with Gasteiger partial charge in [0.05, 0.1) is 6.54 Å². The summed E-state index contributed by atoms with van der Waals surface area (Å²) in [6, 6.07) is 9.56. The monoisotopic (exact) mass is 272 g/mol. The molecule has 3 rings (SSSR count). The molecule has 0 bridgehead atoms. The van der Waals surface area contributed by atoms with Gasteiger partial charge in [-0.1, -0.05) is 36.8 Å². The molecule has 20 heavy (non-hydrogen) atoms. The summed E-state index contributed by atoms with van der Waals surface area (Å²) in [5.41, 5.74) is 1.10. The molecule has 4 nitrogen and oxygen atoms in total. The first-order valence-corrected chi connectivity index (χ1v) is 7.35. The number of amides is 2. The second kappa shape index (κ2) is 5.65. The van der Waals surface area contributed by atoms with E-state index in [0.717, 1.165) is 12.1 Å². The van der Waals surface area contributed by atoms with Crippen molar-refractivity contribution in [2.45, 2.75) is 31.7 Å². The van der Waals surface area contributed by atoms with E-state index in [0.29, 0.717) is 12.3 Å². The van der Waals surface area contributed by atoms with Crippen LogP contribution in [0.15, 0.2) is 30.3 Å². The van der Waals surface area contributed by atoms with Crippen molar-refractivity contribution < 1.29 is 9.59 Å². The van der Waals surface area contributed by atoms with Crippen molar-refractivity contribution in [1.82, 2.24) is 10.2 Å². The summed E-state index contributed by atoms with van der Waals surface area (Å²) in [5.74, 6) is 0.619. The Balaban J connectivity index is 1.75. The zero-order chi connectivity index (χ0) is 13.9. The summed E-state index contributed by atoms with van der Waals surface area (Å²) in [6.45, 7) is 0.889. The van der Waals surface area contributed by atoms with Gasteiger partial charge in [0.2, 0.25) is 11.8 Å². The molecule has 1 atom stereocenters. The minimum Gasteiger partial charge on any atom is -0.345 e. The van der Waals surface area contributed by atoms with Gasteiger partial charge in [-0.15, -0.1) is 0 Å². The zero-order valence-corrected chi connectivity index (χ0v) is 11.5. The van der Waals surface area contributed by atoms with Crippen molar-refractivity contribution in [1.29, 1.82) is 0 Å². The maximum absolute atomic E-state index is 12.1. The highest BCUT2D eigenvalue weighted by Gasteiger charge is 2.36. The van der Waals surface area contributed by atoms with Crippen LogP contribution in [-0.2, 0) is 16.0 Å². The maximum Gasteiger partial charge on any atom is 0.243 e. The number of hydrogen-bond donors (Lipinski definition) is 1. The molecule has 1 N–H and O–H groups in total. The van der Waals surface area contributed by atoms with E-state index in [4.69, 9.17) is 0 Å². The van der Waals surface area contributed by atoms with Gasteiger partial charge < -0.3 is 10.2 Å². The first kappa shape index (κ1) is 13.2. The largest absolute Gasteiger partial charge is 0.345 e. The average Bonchev–Trinajstić information content (AvgIpc) is 2.41. The van der Waals surface area contributed by atoms with Crippen LogP contribution in [0, 0.1) is 5.92 Å². The topological polar surface area (TPSA) is 49.4 Å². The van der Waals surface area contributed by atoms with Gasteiger partial charge in [-0.25, -0.2) is 0 Å². The van der Waals surface area contributed by atoms with Crippen LogP contribution in [-0.4, -0.2) is 35.8 Å². The van der Waals surface area contributed by atoms with E-state index in [9.17, 15) is 9.59 Å². The fraction of sp³-hybridized carbons (Fsp3) is 0.500. The van der Waals surface area contributed by atoms with Gasteiger partial charge in [-0.05, 0) is 24.3 Å². The number of carbonyl (C=O) groups is 2. The molecule has 106 valence electrons. The van der Waals surface area contributed by atoms with Gasteiger partial charge in [0.25, 0.3) is 0 Å². The number of carbonyl (C=O) groups excluding carboxylic acids is 2. The molecule has 0 aromatic heterocycles. The Morgan fingerprint density at radius 2 is 1.90 bits per heavy atom. The lowest BCUT2D eigenvalue weighted by Gasteiger charge is -2.39. The number of nitrogens with zero attached hydrogens (tertiary/aromatic N) is 1. The highest BCUT2D eigenvalue weighted by atomic mass is 16.2. The molecule has 1 heterocycles. The minimum atomic E-state index is -0.348. The first-order chi connectivity index (χ1) is 9.74. The second-order valence-electron chi connectivity index (χ2n) is 5.77. The van der Waals surface area contributed by atoms with E-state index in [1.807, 2.05) is 30.3 Å². The number of nitrogens with one attached hydrogen (secondary N) is 1.